The molecular weight excluding hydrogens is 220 g/mol. The largest absolute Gasteiger partial charge is 0.417 e. The van der Waals surface area contributed by atoms with Crippen molar-refractivity contribution in [2.45, 2.75) is 26.2 Å². The number of para-hydroxylation sites is 1. The molecule has 0 atom stereocenters. The van der Waals surface area contributed by atoms with E-state index < -0.39 is 5.76 Å². The minimum absolute atomic E-state index is 0.0543. The zero-order chi connectivity index (χ0) is 12.3. The zero-order valence-electron chi connectivity index (χ0n) is 9.58. The highest BCUT2D eigenvalue weighted by atomic mass is 16.4. The van der Waals surface area contributed by atoms with Crippen LogP contribution in [0.3, 0.4) is 0 Å². The zero-order valence-corrected chi connectivity index (χ0v) is 9.58. The predicted molar refractivity (Wildman–Crippen MR) is 65.0 cm³/mol. The van der Waals surface area contributed by atoms with Crippen LogP contribution in [0.5, 0.6) is 0 Å². The predicted octanol–water partition coefficient (Wildman–Crippen LogP) is 2.25. The van der Waals surface area contributed by atoms with Gasteiger partial charge in [0.2, 0.25) is 5.91 Å². The molecule has 0 spiro atoms. The number of nitrogens with one attached hydrogen (secondary N) is 2. The smallest absolute Gasteiger partial charge is 0.408 e. The molecule has 0 fully saturated rings. The van der Waals surface area contributed by atoms with E-state index in [1.54, 1.807) is 18.2 Å². The van der Waals surface area contributed by atoms with E-state index >= 15 is 0 Å². The molecule has 0 bridgehead atoms. The van der Waals surface area contributed by atoms with E-state index in [2.05, 4.69) is 10.3 Å². The van der Waals surface area contributed by atoms with Crippen LogP contribution in [0.4, 0.5) is 5.69 Å². The first-order valence-corrected chi connectivity index (χ1v) is 5.62. The average molecular weight is 234 g/mol. The van der Waals surface area contributed by atoms with Crippen molar-refractivity contribution in [2.24, 2.45) is 0 Å². The molecule has 1 amide bonds. The molecule has 2 N–H and O–H groups in total. The summed E-state index contributed by atoms with van der Waals surface area (Å²) in [5.74, 6) is -0.573. The van der Waals surface area contributed by atoms with Crippen molar-refractivity contribution in [3.8, 4) is 0 Å². The van der Waals surface area contributed by atoms with Gasteiger partial charge in [0.1, 0.15) is 5.52 Å². The van der Waals surface area contributed by atoms with Crippen LogP contribution in [0.15, 0.2) is 27.4 Å². The molecule has 0 saturated carbocycles. The Labute approximate surface area is 97.8 Å². The van der Waals surface area contributed by atoms with Crippen molar-refractivity contribution in [3.63, 3.8) is 0 Å². The molecule has 5 nitrogen and oxygen atoms in total. The second-order valence-corrected chi connectivity index (χ2v) is 3.84. The topological polar surface area (TPSA) is 75.1 Å². The van der Waals surface area contributed by atoms with Crippen molar-refractivity contribution in [3.05, 3.63) is 28.7 Å². The van der Waals surface area contributed by atoms with E-state index in [1.165, 1.54) is 0 Å². The lowest BCUT2D eigenvalue weighted by molar-refractivity contribution is -0.116. The van der Waals surface area contributed by atoms with Gasteiger partial charge in [-0.25, -0.2) is 4.79 Å². The first-order chi connectivity index (χ1) is 8.20. The lowest BCUT2D eigenvalue weighted by Crippen LogP contribution is -2.11. The molecule has 0 aliphatic heterocycles. The number of hydrogen-bond acceptors (Lipinski definition) is 3. The Hall–Kier alpha value is -2.04. The number of carbonyl (C=O) groups is 1. The molecule has 0 aliphatic carbocycles. The SMILES string of the molecule is CCCCC(=O)Nc1cccc2oc(=O)[nH]c12. The third-order valence-electron chi connectivity index (χ3n) is 2.49. The summed E-state index contributed by atoms with van der Waals surface area (Å²) in [5, 5.41) is 2.76. The van der Waals surface area contributed by atoms with Gasteiger partial charge in [-0.2, -0.15) is 0 Å². The van der Waals surface area contributed by atoms with Crippen molar-refractivity contribution < 1.29 is 9.21 Å². The van der Waals surface area contributed by atoms with Gasteiger partial charge in [0.05, 0.1) is 5.69 Å². The maximum atomic E-state index is 11.6. The van der Waals surface area contributed by atoms with Gasteiger partial charge in [-0.15, -0.1) is 0 Å². The van der Waals surface area contributed by atoms with Crippen LogP contribution < -0.4 is 11.1 Å². The van der Waals surface area contributed by atoms with Gasteiger partial charge in [0, 0.05) is 6.42 Å². The summed E-state index contributed by atoms with van der Waals surface area (Å²) in [6.07, 6.45) is 2.30. The van der Waals surface area contributed by atoms with E-state index in [0.717, 1.165) is 12.8 Å². The first kappa shape index (κ1) is 11.4. The van der Waals surface area contributed by atoms with E-state index in [9.17, 15) is 9.59 Å². The molecule has 17 heavy (non-hydrogen) atoms. The molecule has 1 aromatic heterocycles. The van der Waals surface area contributed by atoms with Gasteiger partial charge in [0.25, 0.3) is 0 Å². The number of anilines is 1. The summed E-state index contributed by atoms with van der Waals surface area (Å²) < 4.78 is 4.91. The molecule has 0 radical (unpaired) electrons. The number of benzene rings is 1. The van der Waals surface area contributed by atoms with Gasteiger partial charge >= 0.3 is 5.76 Å². The third-order valence-corrected chi connectivity index (χ3v) is 2.49. The van der Waals surface area contributed by atoms with Gasteiger partial charge < -0.3 is 9.73 Å². The summed E-state index contributed by atoms with van der Waals surface area (Å²) >= 11 is 0. The Morgan fingerprint density at radius 3 is 3.06 bits per heavy atom. The van der Waals surface area contributed by atoms with Crippen molar-refractivity contribution in [1.82, 2.24) is 4.98 Å². The maximum absolute atomic E-state index is 11.6. The average Bonchev–Trinajstić information content (AvgIpc) is 2.68. The number of H-pyrrole nitrogens is 1. The fraction of sp³-hybridized carbons (Fsp3) is 0.333. The minimum Gasteiger partial charge on any atom is -0.408 e. The van der Waals surface area contributed by atoms with Gasteiger partial charge in [-0.1, -0.05) is 19.4 Å². The number of hydrogen-bond donors (Lipinski definition) is 2. The highest BCUT2D eigenvalue weighted by Gasteiger charge is 2.08. The summed E-state index contributed by atoms with van der Waals surface area (Å²) in [7, 11) is 0. The molecule has 2 aromatic rings. The fourth-order valence-corrected chi connectivity index (χ4v) is 1.63. The number of aromatic nitrogens is 1. The van der Waals surface area contributed by atoms with Crippen LogP contribution >= 0.6 is 0 Å². The molecule has 5 heteroatoms. The number of aromatic amines is 1. The Morgan fingerprint density at radius 1 is 1.47 bits per heavy atom. The van der Waals surface area contributed by atoms with Gasteiger partial charge in [-0.05, 0) is 18.6 Å². The van der Waals surface area contributed by atoms with Gasteiger partial charge in [0.15, 0.2) is 5.58 Å². The standard InChI is InChI=1S/C12H14N2O3/c1-2-3-7-10(15)13-8-5-4-6-9-11(8)14-12(16)17-9/h4-6H,2-3,7H2,1H3,(H,13,15)(H,14,16). The summed E-state index contributed by atoms with van der Waals surface area (Å²) in [6.45, 7) is 2.03. The van der Waals surface area contributed by atoms with Crippen LogP contribution in [0.25, 0.3) is 11.1 Å². The number of fused-ring (bicyclic) bond motifs is 1. The second-order valence-electron chi connectivity index (χ2n) is 3.84. The van der Waals surface area contributed by atoms with Crippen LogP contribution in [0.1, 0.15) is 26.2 Å². The van der Waals surface area contributed by atoms with Crippen LogP contribution in [-0.2, 0) is 4.79 Å². The highest BCUT2D eigenvalue weighted by Crippen LogP contribution is 2.20. The second kappa shape index (κ2) is 4.86. The normalized spacial score (nSPS) is 10.6. The lowest BCUT2D eigenvalue weighted by Gasteiger charge is -2.04. The Bertz CT molecular complexity index is 583. The van der Waals surface area contributed by atoms with Crippen molar-refractivity contribution in [1.29, 1.82) is 0 Å². The first-order valence-electron chi connectivity index (χ1n) is 5.62. The molecule has 0 saturated heterocycles. The minimum atomic E-state index is -0.518. The number of oxazole rings is 1. The monoisotopic (exact) mass is 234 g/mol. The Morgan fingerprint density at radius 2 is 2.29 bits per heavy atom. The molecule has 1 aromatic carbocycles. The van der Waals surface area contributed by atoms with Crippen LogP contribution in [0, 0.1) is 0 Å². The number of rotatable bonds is 4. The highest BCUT2D eigenvalue weighted by molar-refractivity contribution is 5.98. The van der Waals surface area contributed by atoms with Crippen molar-refractivity contribution in [2.75, 3.05) is 5.32 Å². The Kier molecular flexibility index (Phi) is 3.27. The molecule has 0 unspecified atom stereocenters. The fourth-order valence-electron chi connectivity index (χ4n) is 1.63. The van der Waals surface area contributed by atoms with E-state index in [0.29, 0.717) is 23.2 Å². The van der Waals surface area contributed by atoms with Crippen molar-refractivity contribution >= 4 is 22.7 Å². The quantitative estimate of drug-likeness (QED) is 0.851. The van der Waals surface area contributed by atoms with E-state index in [-0.39, 0.29) is 5.91 Å². The number of carbonyl (C=O) groups excluding carboxylic acids is 1. The van der Waals surface area contributed by atoms with E-state index in [4.69, 9.17) is 4.42 Å². The summed E-state index contributed by atoms with van der Waals surface area (Å²) in [5.41, 5.74) is 1.56. The molecule has 90 valence electrons. The summed E-state index contributed by atoms with van der Waals surface area (Å²) in [4.78, 5) is 25.2. The van der Waals surface area contributed by atoms with Crippen LogP contribution in [-0.4, -0.2) is 10.9 Å². The number of unbranched alkanes of at least 4 members (excludes halogenated alkanes) is 1. The number of amides is 1. The molecule has 1 heterocycles. The Balaban J connectivity index is 2.23. The lowest BCUT2D eigenvalue weighted by atomic mass is 10.2. The van der Waals surface area contributed by atoms with Crippen LogP contribution in [0.2, 0.25) is 0 Å². The summed E-state index contributed by atoms with van der Waals surface area (Å²) in [6, 6.07) is 5.14. The maximum Gasteiger partial charge on any atom is 0.417 e. The third kappa shape index (κ3) is 2.55. The van der Waals surface area contributed by atoms with Gasteiger partial charge in [-0.3, -0.25) is 9.78 Å². The molecule has 2 rings (SSSR count). The molecular formula is C12H14N2O3. The van der Waals surface area contributed by atoms with E-state index in [1.807, 2.05) is 6.92 Å². The molecule has 0 aliphatic rings.